The zero-order chi connectivity index (χ0) is 19.0. The molecule has 0 saturated carbocycles. The average Bonchev–Trinajstić information content (AvgIpc) is 2.62. The molecule has 0 saturated heterocycles. The van der Waals surface area contributed by atoms with Crippen molar-refractivity contribution in [2.75, 3.05) is 20.6 Å². The molecule has 0 amide bonds. The molecule has 0 aliphatic rings. The third-order valence-corrected chi connectivity index (χ3v) is 5.26. The molecule has 0 heterocycles. The lowest BCUT2D eigenvalue weighted by molar-refractivity contribution is 0.578. The Morgan fingerprint density at radius 3 is 2.23 bits per heavy atom. The van der Waals surface area contributed by atoms with E-state index < -0.39 is 10.0 Å². The highest BCUT2D eigenvalue weighted by molar-refractivity contribution is 7.89. The molecule has 2 aromatic carbocycles. The Morgan fingerprint density at radius 1 is 1.00 bits per heavy atom. The van der Waals surface area contributed by atoms with Crippen molar-refractivity contribution in [3.8, 4) is 0 Å². The van der Waals surface area contributed by atoms with Gasteiger partial charge in [-0.2, -0.15) is 0 Å². The Bertz CT molecular complexity index is 816. The second kappa shape index (κ2) is 9.35. The van der Waals surface area contributed by atoms with E-state index in [1.165, 1.54) is 0 Å². The molecule has 0 aromatic heterocycles. The maximum Gasteiger partial charge on any atom is 0.240 e. The van der Waals surface area contributed by atoms with Gasteiger partial charge >= 0.3 is 0 Å². The first-order valence-electron chi connectivity index (χ1n) is 8.50. The fourth-order valence-corrected chi connectivity index (χ4v) is 3.39. The highest BCUT2D eigenvalue weighted by Crippen LogP contribution is 2.10. The molecule has 26 heavy (non-hydrogen) atoms. The molecule has 0 aliphatic carbocycles. The highest BCUT2D eigenvalue weighted by atomic mass is 32.2. The van der Waals surface area contributed by atoms with Crippen LogP contribution in [-0.4, -0.2) is 39.9 Å². The number of nitrogens with zero attached hydrogens (tertiary/aromatic N) is 2. The molecule has 2 rings (SSSR count). The van der Waals surface area contributed by atoms with E-state index in [4.69, 9.17) is 0 Å². The van der Waals surface area contributed by atoms with Gasteiger partial charge in [0.1, 0.15) is 0 Å². The molecule has 140 valence electrons. The van der Waals surface area contributed by atoms with Crippen LogP contribution >= 0.6 is 0 Å². The van der Waals surface area contributed by atoms with Crippen LogP contribution in [0.2, 0.25) is 0 Å². The number of hydrogen-bond acceptors (Lipinski definition) is 3. The number of sulfonamides is 1. The minimum absolute atomic E-state index is 0.272. The zero-order valence-corrected chi connectivity index (χ0v) is 16.3. The first kappa shape index (κ1) is 19.9. The Labute approximate surface area is 156 Å². The summed E-state index contributed by atoms with van der Waals surface area (Å²) in [6.07, 6.45) is 0. The van der Waals surface area contributed by atoms with Crippen molar-refractivity contribution in [1.82, 2.24) is 14.9 Å². The predicted octanol–water partition coefficient (Wildman–Crippen LogP) is 2.19. The van der Waals surface area contributed by atoms with Crippen LogP contribution in [0.3, 0.4) is 0 Å². The van der Waals surface area contributed by atoms with Crippen molar-refractivity contribution < 1.29 is 8.42 Å². The SMILES string of the molecule is CCNS(=O)(=O)c1ccc(CNC(=NCc2ccccc2)N(C)C)cc1. The van der Waals surface area contributed by atoms with E-state index in [2.05, 4.69) is 15.0 Å². The molecular weight excluding hydrogens is 348 g/mol. The monoisotopic (exact) mass is 374 g/mol. The van der Waals surface area contributed by atoms with Crippen LogP contribution in [0, 0.1) is 0 Å². The molecule has 7 heteroatoms. The summed E-state index contributed by atoms with van der Waals surface area (Å²) in [6, 6.07) is 16.9. The Hall–Kier alpha value is -2.38. The lowest BCUT2D eigenvalue weighted by Gasteiger charge is -2.18. The van der Waals surface area contributed by atoms with E-state index in [9.17, 15) is 8.42 Å². The third-order valence-electron chi connectivity index (χ3n) is 3.70. The number of guanidine groups is 1. The summed E-state index contributed by atoms with van der Waals surface area (Å²) in [6.45, 7) is 3.29. The highest BCUT2D eigenvalue weighted by Gasteiger charge is 2.12. The number of benzene rings is 2. The summed E-state index contributed by atoms with van der Waals surface area (Å²) in [7, 11) is 0.453. The van der Waals surface area contributed by atoms with E-state index in [0.29, 0.717) is 19.6 Å². The standard InChI is InChI=1S/C19H26N4O2S/c1-4-22-26(24,25)18-12-10-17(11-13-18)15-21-19(23(2)3)20-14-16-8-6-5-7-9-16/h5-13,22H,4,14-15H2,1-3H3,(H,20,21). The maximum absolute atomic E-state index is 12.0. The van der Waals surface area contributed by atoms with Gasteiger partial charge in [-0.3, -0.25) is 0 Å². The molecule has 0 unspecified atom stereocenters. The summed E-state index contributed by atoms with van der Waals surface area (Å²) < 4.78 is 26.4. The van der Waals surface area contributed by atoms with Gasteiger partial charge in [-0.1, -0.05) is 49.4 Å². The van der Waals surface area contributed by atoms with Gasteiger partial charge in [-0.25, -0.2) is 18.1 Å². The molecular formula is C19H26N4O2S. The van der Waals surface area contributed by atoms with Gasteiger partial charge < -0.3 is 10.2 Å². The number of nitrogens with one attached hydrogen (secondary N) is 2. The first-order chi connectivity index (χ1) is 12.4. The summed E-state index contributed by atoms with van der Waals surface area (Å²) in [4.78, 5) is 6.81. The van der Waals surface area contributed by atoms with Crippen LogP contribution in [0.4, 0.5) is 0 Å². The third kappa shape index (κ3) is 5.86. The van der Waals surface area contributed by atoms with Crippen molar-refractivity contribution in [3.63, 3.8) is 0 Å². The Balaban J connectivity index is 2.00. The zero-order valence-electron chi connectivity index (χ0n) is 15.4. The minimum atomic E-state index is -3.41. The lowest BCUT2D eigenvalue weighted by Crippen LogP contribution is -2.36. The number of rotatable bonds is 7. The van der Waals surface area contributed by atoms with Crippen LogP contribution < -0.4 is 10.0 Å². The van der Waals surface area contributed by atoms with Crippen molar-refractivity contribution in [2.24, 2.45) is 4.99 Å². The Morgan fingerprint density at radius 2 is 1.65 bits per heavy atom. The molecule has 0 radical (unpaired) electrons. The average molecular weight is 375 g/mol. The van der Waals surface area contributed by atoms with Gasteiger partial charge in [-0.15, -0.1) is 0 Å². The maximum atomic E-state index is 12.0. The van der Waals surface area contributed by atoms with Gasteiger partial charge in [0.15, 0.2) is 5.96 Å². The Kier molecular flexibility index (Phi) is 7.17. The lowest BCUT2D eigenvalue weighted by atomic mass is 10.2. The molecule has 0 bridgehead atoms. The van der Waals surface area contributed by atoms with Crippen molar-refractivity contribution in [1.29, 1.82) is 0 Å². The van der Waals surface area contributed by atoms with Crippen LogP contribution in [0.5, 0.6) is 0 Å². The van der Waals surface area contributed by atoms with E-state index in [1.807, 2.05) is 61.5 Å². The topological polar surface area (TPSA) is 73.8 Å². The summed E-state index contributed by atoms with van der Waals surface area (Å²) in [5.41, 5.74) is 2.13. The molecule has 0 fully saturated rings. The molecule has 0 aliphatic heterocycles. The predicted molar refractivity (Wildman–Crippen MR) is 105 cm³/mol. The van der Waals surface area contributed by atoms with Crippen molar-refractivity contribution >= 4 is 16.0 Å². The quantitative estimate of drug-likeness (QED) is 0.576. The van der Waals surface area contributed by atoms with Gasteiger partial charge in [-0.05, 0) is 23.3 Å². The normalized spacial score (nSPS) is 12.0. The van der Waals surface area contributed by atoms with E-state index in [-0.39, 0.29) is 4.90 Å². The summed E-state index contributed by atoms with van der Waals surface area (Å²) in [5.74, 6) is 0.776. The van der Waals surface area contributed by atoms with Crippen molar-refractivity contribution in [2.45, 2.75) is 24.9 Å². The van der Waals surface area contributed by atoms with Gasteiger partial charge in [0, 0.05) is 27.2 Å². The molecule has 2 N–H and O–H groups in total. The number of aliphatic imine (C=N–C) groups is 1. The molecule has 2 aromatic rings. The van der Waals surface area contributed by atoms with Crippen LogP contribution in [-0.2, 0) is 23.1 Å². The van der Waals surface area contributed by atoms with E-state index >= 15 is 0 Å². The van der Waals surface area contributed by atoms with E-state index in [1.54, 1.807) is 19.1 Å². The number of hydrogen-bond donors (Lipinski definition) is 2. The molecule has 0 spiro atoms. The second-order valence-electron chi connectivity index (χ2n) is 6.02. The van der Waals surface area contributed by atoms with Crippen LogP contribution in [0.25, 0.3) is 0 Å². The van der Waals surface area contributed by atoms with Gasteiger partial charge in [0.05, 0.1) is 11.4 Å². The minimum Gasteiger partial charge on any atom is -0.352 e. The fourth-order valence-electron chi connectivity index (χ4n) is 2.35. The largest absolute Gasteiger partial charge is 0.352 e. The molecule has 6 nitrogen and oxygen atoms in total. The van der Waals surface area contributed by atoms with Gasteiger partial charge in [0.25, 0.3) is 0 Å². The first-order valence-corrected chi connectivity index (χ1v) is 9.99. The van der Waals surface area contributed by atoms with Crippen LogP contribution in [0.1, 0.15) is 18.1 Å². The fraction of sp³-hybridized carbons (Fsp3) is 0.316. The second-order valence-corrected chi connectivity index (χ2v) is 7.79. The van der Waals surface area contributed by atoms with Crippen LogP contribution in [0.15, 0.2) is 64.5 Å². The summed E-state index contributed by atoms with van der Waals surface area (Å²) in [5, 5.41) is 3.30. The molecule has 0 atom stereocenters. The summed E-state index contributed by atoms with van der Waals surface area (Å²) >= 11 is 0. The smallest absolute Gasteiger partial charge is 0.240 e. The van der Waals surface area contributed by atoms with Gasteiger partial charge in [0.2, 0.25) is 10.0 Å². The van der Waals surface area contributed by atoms with Crippen molar-refractivity contribution in [3.05, 3.63) is 65.7 Å². The van der Waals surface area contributed by atoms with E-state index in [0.717, 1.165) is 17.1 Å².